The van der Waals surface area contributed by atoms with Crippen LogP contribution in [0.5, 0.6) is 5.75 Å². The van der Waals surface area contributed by atoms with Crippen molar-refractivity contribution in [3.05, 3.63) is 29.8 Å². The fourth-order valence-electron chi connectivity index (χ4n) is 3.66. The lowest BCUT2D eigenvalue weighted by molar-refractivity contribution is 0.0428. The molecule has 2 saturated heterocycles. The number of nitriles is 1. The van der Waals surface area contributed by atoms with E-state index in [2.05, 4.69) is 11.0 Å². The topological polar surface area (TPSA) is 81.9 Å². The number of aromatic nitrogens is 1. The van der Waals surface area contributed by atoms with Crippen molar-refractivity contribution >= 4 is 22.8 Å². The summed E-state index contributed by atoms with van der Waals surface area (Å²) < 4.78 is 10.6. The van der Waals surface area contributed by atoms with Crippen molar-refractivity contribution in [1.29, 1.82) is 5.26 Å². The Morgan fingerprint density at radius 1 is 1.11 bits per heavy atom. The Morgan fingerprint density at radius 2 is 1.82 bits per heavy atom. The Morgan fingerprint density at radius 3 is 2.50 bits per heavy atom. The number of methoxy groups -OCH3 is 1. The van der Waals surface area contributed by atoms with Crippen LogP contribution in [0.2, 0.25) is 0 Å². The van der Waals surface area contributed by atoms with Gasteiger partial charge in [0.2, 0.25) is 0 Å². The van der Waals surface area contributed by atoms with E-state index in [4.69, 9.17) is 14.5 Å². The molecule has 0 aliphatic carbocycles. The van der Waals surface area contributed by atoms with Crippen molar-refractivity contribution in [3.63, 3.8) is 0 Å². The SMILES string of the molecule is COc1ccc2nc(N3CCN(C(=O)N4CCOCC4)CC3)c(C#N)cc2c1. The second-order valence-electron chi connectivity index (χ2n) is 6.89. The van der Waals surface area contributed by atoms with Gasteiger partial charge in [0, 0.05) is 44.7 Å². The van der Waals surface area contributed by atoms with Crippen molar-refractivity contribution in [2.24, 2.45) is 0 Å². The first-order valence-electron chi connectivity index (χ1n) is 9.45. The third-order valence-electron chi connectivity index (χ3n) is 5.25. The zero-order valence-corrected chi connectivity index (χ0v) is 15.9. The highest BCUT2D eigenvalue weighted by Crippen LogP contribution is 2.27. The van der Waals surface area contributed by atoms with Gasteiger partial charge in [0.05, 0.1) is 31.4 Å². The number of ether oxygens (including phenoxy) is 2. The first-order valence-corrected chi connectivity index (χ1v) is 9.45. The van der Waals surface area contributed by atoms with Crippen LogP contribution in [0.25, 0.3) is 10.9 Å². The van der Waals surface area contributed by atoms with Crippen molar-refractivity contribution < 1.29 is 14.3 Å². The minimum absolute atomic E-state index is 0.0713. The third-order valence-corrected chi connectivity index (χ3v) is 5.25. The summed E-state index contributed by atoms with van der Waals surface area (Å²) >= 11 is 0. The first-order chi connectivity index (χ1) is 13.7. The number of piperazine rings is 1. The predicted octanol–water partition coefficient (Wildman–Crippen LogP) is 1.69. The number of fused-ring (bicyclic) bond motifs is 1. The molecule has 0 saturated carbocycles. The Bertz CT molecular complexity index is 912. The Hall–Kier alpha value is -3.05. The number of morpholine rings is 1. The fraction of sp³-hybridized carbons (Fsp3) is 0.450. The smallest absolute Gasteiger partial charge is 0.320 e. The molecule has 0 spiro atoms. The number of carbonyl (C=O) groups is 1. The summed E-state index contributed by atoms with van der Waals surface area (Å²) in [6, 6.07) is 9.83. The van der Waals surface area contributed by atoms with Gasteiger partial charge in [0.15, 0.2) is 0 Å². The molecule has 8 nitrogen and oxygen atoms in total. The highest BCUT2D eigenvalue weighted by molar-refractivity contribution is 5.84. The van der Waals surface area contributed by atoms with Crippen LogP contribution in [-0.2, 0) is 4.74 Å². The van der Waals surface area contributed by atoms with Crippen LogP contribution in [-0.4, -0.2) is 80.4 Å². The highest BCUT2D eigenvalue weighted by Gasteiger charge is 2.27. The minimum Gasteiger partial charge on any atom is -0.497 e. The second-order valence-corrected chi connectivity index (χ2v) is 6.89. The number of carbonyl (C=O) groups excluding carboxylic acids is 1. The number of hydrogen-bond donors (Lipinski definition) is 0. The van der Waals surface area contributed by atoms with Crippen LogP contribution in [0.15, 0.2) is 24.3 Å². The normalized spacial score (nSPS) is 17.5. The number of pyridine rings is 1. The molecule has 8 heteroatoms. The predicted molar refractivity (Wildman–Crippen MR) is 105 cm³/mol. The van der Waals surface area contributed by atoms with Crippen molar-refractivity contribution in [3.8, 4) is 11.8 Å². The molecule has 2 aliphatic heterocycles. The van der Waals surface area contributed by atoms with Crippen molar-refractivity contribution in [2.75, 3.05) is 64.5 Å². The number of anilines is 1. The van der Waals surface area contributed by atoms with Gasteiger partial charge in [-0.1, -0.05) is 0 Å². The maximum Gasteiger partial charge on any atom is 0.320 e. The number of nitrogens with zero attached hydrogens (tertiary/aromatic N) is 5. The van der Waals surface area contributed by atoms with E-state index in [1.807, 2.05) is 34.1 Å². The van der Waals surface area contributed by atoms with Crippen LogP contribution < -0.4 is 9.64 Å². The summed E-state index contributed by atoms with van der Waals surface area (Å²) in [6.07, 6.45) is 0. The van der Waals surface area contributed by atoms with Gasteiger partial charge in [0.25, 0.3) is 0 Å². The van der Waals surface area contributed by atoms with E-state index in [0.29, 0.717) is 63.9 Å². The molecule has 1 aromatic carbocycles. The van der Waals surface area contributed by atoms with E-state index in [1.54, 1.807) is 7.11 Å². The molecule has 4 rings (SSSR count). The number of hydrogen-bond acceptors (Lipinski definition) is 6. The van der Waals surface area contributed by atoms with Crippen molar-refractivity contribution in [2.45, 2.75) is 0 Å². The number of benzene rings is 1. The largest absolute Gasteiger partial charge is 0.497 e. The number of urea groups is 1. The summed E-state index contributed by atoms with van der Waals surface area (Å²) in [4.78, 5) is 23.2. The summed E-state index contributed by atoms with van der Waals surface area (Å²) in [7, 11) is 1.62. The molecule has 2 aromatic rings. The van der Waals surface area contributed by atoms with Crippen LogP contribution in [0, 0.1) is 11.3 Å². The Balaban J connectivity index is 1.50. The van der Waals surface area contributed by atoms with Gasteiger partial charge in [-0.15, -0.1) is 0 Å². The van der Waals surface area contributed by atoms with Gasteiger partial charge in [-0.2, -0.15) is 5.26 Å². The molecule has 2 aliphatic rings. The highest BCUT2D eigenvalue weighted by atomic mass is 16.5. The van der Waals surface area contributed by atoms with E-state index in [9.17, 15) is 10.1 Å². The molecule has 146 valence electrons. The zero-order valence-electron chi connectivity index (χ0n) is 15.9. The molecule has 0 unspecified atom stereocenters. The molecular weight excluding hydrogens is 358 g/mol. The lowest BCUT2D eigenvalue weighted by Gasteiger charge is -2.39. The summed E-state index contributed by atoms with van der Waals surface area (Å²) in [6.45, 7) is 5.03. The van der Waals surface area contributed by atoms with Gasteiger partial charge in [-0.05, 0) is 24.3 Å². The Kier molecular flexibility index (Phi) is 5.17. The standard InChI is InChI=1S/C20H23N5O3/c1-27-17-2-3-18-15(13-17)12-16(14-21)19(22-18)23-4-6-24(7-5-23)20(26)25-8-10-28-11-9-25/h2-3,12-13H,4-11H2,1H3. The number of amides is 2. The van der Waals surface area contributed by atoms with Gasteiger partial charge in [-0.25, -0.2) is 9.78 Å². The van der Waals surface area contributed by atoms with Crippen LogP contribution in [0.4, 0.5) is 10.6 Å². The van der Waals surface area contributed by atoms with Gasteiger partial charge in [0.1, 0.15) is 17.6 Å². The molecule has 0 N–H and O–H groups in total. The average Bonchev–Trinajstić information content (AvgIpc) is 2.78. The monoisotopic (exact) mass is 381 g/mol. The first kappa shape index (κ1) is 18.3. The second kappa shape index (κ2) is 7.90. The molecule has 28 heavy (non-hydrogen) atoms. The maximum absolute atomic E-state index is 12.7. The molecular formula is C20H23N5O3. The number of rotatable bonds is 2. The van der Waals surface area contributed by atoms with E-state index in [-0.39, 0.29) is 6.03 Å². The summed E-state index contributed by atoms with van der Waals surface area (Å²) in [5.41, 5.74) is 1.36. The van der Waals surface area contributed by atoms with Crippen LogP contribution in [0.3, 0.4) is 0 Å². The molecule has 3 heterocycles. The van der Waals surface area contributed by atoms with Gasteiger partial charge < -0.3 is 24.2 Å². The Labute approximate surface area is 163 Å². The zero-order chi connectivity index (χ0) is 19.5. The summed E-state index contributed by atoms with van der Waals surface area (Å²) in [5, 5.41) is 10.5. The van der Waals surface area contributed by atoms with Crippen molar-refractivity contribution in [1.82, 2.24) is 14.8 Å². The summed E-state index contributed by atoms with van der Waals surface area (Å²) in [5.74, 6) is 1.42. The third kappa shape index (κ3) is 3.53. The van der Waals surface area contributed by atoms with E-state index >= 15 is 0 Å². The fourth-order valence-corrected chi connectivity index (χ4v) is 3.66. The minimum atomic E-state index is 0.0713. The molecule has 0 radical (unpaired) electrons. The molecule has 2 amide bonds. The molecule has 0 bridgehead atoms. The molecule has 1 aromatic heterocycles. The quantitative estimate of drug-likeness (QED) is 0.787. The van der Waals surface area contributed by atoms with E-state index < -0.39 is 0 Å². The van der Waals surface area contributed by atoms with Gasteiger partial charge >= 0.3 is 6.03 Å². The van der Waals surface area contributed by atoms with Crippen LogP contribution in [0.1, 0.15) is 5.56 Å². The molecule has 0 atom stereocenters. The lowest BCUT2D eigenvalue weighted by atomic mass is 10.1. The molecule has 2 fully saturated rings. The van der Waals surface area contributed by atoms with Crippen LogP contribution >= 0.6 is 0 Å². The van der Waals surface area contributed by atoms with Gasteiger partial charge in [-0.3, -0.25) is 0 Å². The lowest BCUT2D eigenvalue weighted by Crippen LogP contribution is -2.55. The van der Waals surface area contributed by atoms with E-state index in [1.165, 1.54) is 0 Å². The maximum atomic E-state index is 12.7. The average molecular weight is 381 g/mol. The van der Waals surface area contributed by atoms with E-state index in [0.717, 1.165) is 16.7 Å².